The summed E-state index contributed by atoms with van der Waals surface area (Å²) in [5, 5.41) is 4.17. The van der Waals surface area contributed by atoms with E-state index in [9.17, 15) is 0 Å². The fraction of sp³-hybridized carbons (Fsp3) is 0.200. The molecule has 1 aromatic heterocycles. The first kappa shape index (κ1) is 20.8. The molecule has 3 aromatic rings. The van der Waals surface area contributed by atoms with Crippen molar-refractivity contribution < 1.29 is 4.74 Å². The van der Waals surface area contributed by atoms with Crippen LogP contribution in [0.25, 0.3) is 10.9 Å². The third-order valence-corrected chi connectivity index (χ3v) is 4.04. The van der Waals surface area contributed by atoms with Gasteiger partial charge < -0.3 is 20.7 Å². The lowest BCUT2D eigenvalue weighted by molar-refractivity contribution is 0.417. The summed E-state index contributed by atoms with van der Waals surface area (Å²) in [5.74, 6) is 1.95. The number of pyridine rings is 1. The van der Waals surface area contributed by atoms with Gasteiger partial charge in [-0.1, -0.05) is 30.3 Å². The zero-order valence-electron chi connectivity index (χ0n) is 15.6. The molecule has 0 spiro atoms. The summed E-state index contributed by atoms with van der Waals surface area (Å²) in [4.78, 5) is 11.1. The molecule has 0 aliphatic carbocycles. The Morgan fingerprint density at radius 1 is 1.15 bits per heavy atom. The number of guanidine groups is 1. The molecule has 0 saturated heterocycles. The number of benzene rings is 2. The molecule has 0 radical (unpaired) electrons. The molecule has 0 amide bonds. The van der Waals surface area contributed by atoms with Gasteiger partial charge >= 0.3 is 0 Å². The molecule has 1 heterocycles. The molecule has 0 bridgehead atoms. The van der Waals surface area contributed by atoms with Crippen LogP contribution < -0.4 is 20.7 Å². The van der Waals surface area contributed by atoms with Gasteiger partial charge in [-0.05, 0) is 29.8 Å². The van der Waals surface area contributed by atoms with Gasteiger partial charge in [-0.25, -0.2) is 9.98 Å². The average Bonchev–Trinajstić information content (AvgIpc) is 2.66. The first-order valence-electron chi connectivity index (χ1n) is 8.34. The van der Waals surface area contributed by atoms with Gasteiger partial charge in [0.2, 0.25) is 0 Å². The molecule has 3 rings (SSSR count). The van der Waals surface area contributed by atoms with E-state index in [1.165, 1.54) is 0 Å². The third-order valence-electron chi connectivity index (χ3n) is 4.04. The number of aliphatic imine (C=N–C) groups is 1. The molecule has 6 nitrogen and oxygen atoms in total. The summed E-state index contributed by atoms with van der Waals surface area (Å²) >= 11 is 0. The number of nitrogens with two attached hydrogens (primary N) is 1. The zero-order chi connectivity index (χ0) is 18.5. The lowest BCUT2D eigenvalue weighted by Crippen LogP contribution is -2.23. The number of fused-ring (bicyclic) bond motifs is 1. The molecule has 2 aromatic carbocycles. The van der Waals surface area contributed by atoms with Crippen molar-refractivity contribution in [3.8, 4) is 5.75 Å². The molecule has 0 saturated carbocycles. The SMILES string of the molecule is COc1ccccc1NC(N)=NCc1cc(N(C)C)nc2ccccc12.I. The topological polar surface area (TPSA) is 75.8 Å². The van der Waals surface area contributed by atoms with E-state index >= 15 is 0 Å². The first-order valence-corrected chi connectivity index (χ1v) is 8.34. The van der Waals surface area contributed by atoms with Gasteiger partial charge in [0.15, 0.2) is 5.96 Å². The Morgan fingerprint density at radius 2 is 1.85 bits per heavy atom. The Hall–Kier alpha value is -2.55. The van der Waals surface area contributed by atoms with E-state index in [1.54, 1.807) is 7.11 Å². The number of halogens is 1. The highest BCUT2D eigenvalue weighted by atomic mass is 127. The van der Waals surface area contributed by atoms with Gasteiger partial charge in [0.05, 0.1) is 24.9 Å². The molecule has 0 aliphatic heterocycles. The summed E-state index contributed by atoms with van der Waals surface area (Å²) in [6.45, 7) is 0.456. The van der Waals surface area contributed by atoms with Crippen molar-refractivity contribution in [2.45, 2.75) is 6.54 Å². The summed E-state index contributed by atoms with van der Waals surface area (Å²) in [5.41, 5.74) is 8.88. The molecular formula is C20H24IN5O. The van der Waals surface area contributed by atoms with Crippen molar-refractivity contribution in [2.24, 2.45) is 10.7 Å². The minimum Gasteiger partial charge on any atom is -0.495 e. The second-order valence-electron chi connectivity index (χ2n) is 6.08. The highest BCUT2D eigenvalue weighted by Crippen LogP contribution is 2.24. The molecule has 3 N–H and O–H groups in total. The van der Waals surface area contributed by atoms with Gasteiger partial charge in [0.25, 0.3) is 0 Å². The van der Waals surface area contributed by atoms with Crippen molar-refractivity contribution in [2.75, 3.05) is 31.4 Å². The van der Waals surface area contributed by atoms with Crippen LogP contribution >= 0.6 is 24.0 Å². The number of anilines is 2. The van der Waals surface area contributed by atoms with Gasteiger partial charge in [-0.2, -0.15) is 0 Å². The molecule has 7 heteroatoms. The van der Waals surface area contributed by atoms with E-state index in [0.29, 0.717) is 12.5 Å². The fourth-order valence-corrected chi connectivity index (χ4v) is 2.69. The van der Waals surface area contributed by atoms with Crippen LogP contribution in [-0.2, 0) is 6.54 Å². The maximum Gasteiger partial charge on any atom is 0.193 e. The minimum atomic E-state index is 0. The number of rotatable bonds is 5. The van der Waals surface area contributed by atoms with E-state index in [0.717, 1.165) is 33.7 Å². The summed E-state index contributed by atoms with van der Waals surface area (Å²) in [6.07, 6.45) is 0. The van der Waals surface area contributed by atoms with Crippen molar-refractivity contribution in [1.29, 1.82) is 0 Å². The number of hydrogen-bond acceptors (Lipinski definition) is 4. The van der Waals surface area contributed by atoms with Crippen LogP contribution in [0.3, 0.4) is 0 Å². The number of ether oxygens (including phenoxy) is 1. The third kappa shape index (κ3) is 5.00. The van der Waals surface area contributed by atoms with E-state index in [1.807, 2.05) is 67.5 Å². The highest BCUT2D eigenvalue weighted by Gasteiger charge is 2.07. The predicted octanol–water partition coefficient (Wildman–Crippen LogP) is 3.85. The average molecular weight is 477 g/mol. The normalized spacial score (nSPS) is 11.0. The first-order chi connectivity index (χ1) is 12.6. The second-order valence-corrected chi connectivity index (χ2v) is 6.08. The highest BCUT2D eigenvalue weighted by molar-refractivity contribution is 14.0. The molecule has 0 atom stereocenters. The lowest BCUT2D eigenvalue weighted by atomic mass is 10.1. The van der Waals surface area contributed by atoms with Crippen LogP contribution in [0.5, 0.6) is 5.75 Å². The van der Waals surface area contributed by atoms with Crippen molar-refractivity contribution in [3.63, 3.8) is 0 Å². The maximum atomic E-state index is 6.08. The number of para-hydroxylation sites is 3. The molecule has 0 aliphatic rings. The summed E-state index contributed by atoms with van der Waals surface area (Å²) in [7, 11) is 5.57. The predicted molar refractivity (Wildman–Crippen MR) is 123 cm³/mol. The Morgan fingerprint density at radius 3 is 2.59 bits per heavy atom. The van der Waals surface area contributed by atoms with Gasteiger partial charge in [0.1, 0.15) is 11.6 Å². The maximum absolute atomic E-state index is 6.08. The monoisotopic (exact) mass is 477 g/mol. The van der Waals surface area contributed by atoms with Crippen LogP contribution in [-0.4, -0.2) is 32.1 Å². The summed E-state index contributed by atoms with van der Waals surface area (Å²) < 4.78 is 5.32. The second kappa shape index (κ2) is 9.40. The number of methoxy groups -OCH3 is 1. The lowest BCUT2D eigenvalue weighted by Gasteiger charge is -2.15. The Balaban J connectivity index is 0.00000261. The number of hydrogen-bond donors (Lipinski definition) is 2. The van der Waals surface area contributed by atoms with Crippen LogP contribution in [0.4, 0.5) is 11.5 Å². The van der Waals surface area contributed by atoms with Crippen molar-refractivity contribution in [1.82, 2.24) is 4.98 Å². The molecule has 142 valence electrons. The van der Waals surface area contributed by atoms with Crippen LogP contribution in [0.2, 0.25) is 0 Å². The molecule has 27 heavy (non-hydrogen) atoms. The Bertz CT molecular complexity index is 943. The summed E-state index contributed by atoms with van der Waals surface area (Å²) in [6, 6.07) is 17.7. The van der Waals surface area contributed by atoms with Crippen molar-refractivity contribution in [3.05, 3.63) is 60.2 Å². The van der Waals surface area contributed by atoms with E-state index in [2.05, 4.69) is 21.4 Å². The van der Waals surface area contributed by atoms with Crippen LogP contribution in [0.1, 0.15) is 5.56 Å². The molecule has 0 unspecified atom stereocenters. The Labute approximate surface area is 176 Å². The van der Waals surface area contributed by atoms with Crippen molar-refractivity contribution >= 4 is 52.3 Å². The minimum absolute atomic E-state index is 0. The van der Waals surface area contributed by atoms with Crippen LogP contribution in [0.15, 0.2) is 59.6 Å². The van der Waals surface area contributed by atoms with Gasteiger partial charge in [-0.15, -0.1) is 24.0 Å². The van der Waals surface area contributed by atoms with Gasteiger partial charge in [-0.3, -0.25) is 0 Å². The zero-order valence-corrected chi connectivity index (χ0v) is 18.0. The largest absolute Gasteiger partial charge is 0.495 e. The van der Waals surface area contributed by atoms with E-state index in [-0.39, 0.29) is 24.0 Å². The smallest absolute Gasteiger partial charge is 0.193 e. The van der Waals surface area contributed by atoms with Crippen LogP contribution in [0, 0.1) is 0 Å². The molecular weight excluding hydrogens is 453 g/mol. The van der Waals surface area contributed by atoms with E-state index in [4.69, 9.17) is 10.5 Å². The number of nitrogens with zero attached hydrogens (tertiary/aromatic N) is 3. The number of aromatic nitrogens is 1. The standard InChI is InChI=1S/C20H23N5O.HI/c1-25(2)19-12-14(15-8-4-5-9-16(15)23-19)13-22-20(21)24-17-10-6-7-11-18(17)26-3;/h4-12H,13H2,1-3H3,(H3,21,22,24);1H. The molecule has 0 fully saturated rings. The van der Waals surface area contributed by atoms with Gasteiger partial charge in [0, 0.05) is 19.5 Å². The quantitative estimate of drug-likeness (QED) is 0.332. The van der Waals surface area contributed by atoms with E-state index < -0.39 is 0 Å². The Kier molecular flexibility index (Phi) is 7.23. The fourth-order valence-electron chi connectivity index (χ4n) is 2.69. The number of nitrogens with one attached hydrogen (secondary N) is 1.